The summed E-state index contributed by atoms with van der Waals surface area (Å²) in [6.07, 6.45) is 3.31. The fourth-order valence-corrected chi connectivity index (χ4v) is 5.13. The highest BCUT2D eigenvalue weighted by Gasteiger charge is 2.37. The molecular formula is C24H32FN5O. The first kappa shape index (κ1) is 20.5. The van der Waals surface area contributed by atoms with E-state index in [1.165, 1.54) is 18.5 Å². The number of ether oxygens (including phenoxy) is 1. The molecule has 0 spiro atoms. The first-order valence-corrected chi connectivity index (χ1v) is 11.3. The monoisotopic (exact) mass is 425 g/mol. The summed E-state index contributed by atoms with van der Waals surface area (Å²) < 4.78 is 21.1. The van der Waals surface area contributed by atoms with Gasteiger partial charge in [-0.2, -0.15) is 0 Å². The lowest BCUT2D eigenvalue weighted by molar-refractivity contribution is 0.253. The van der Waals surface area contributed by atoms with E-state index in [1.54, 1.807) is 11.1 Å². The highest BCUT2D eigenvalue weighted by atomic mass is 19.1. The van der Waals surface area contributed by atoms with Crippen molar-refractivity contribution in [1.29, 1.82) is 0 Å². The standard InChI is InChI=1S/C24H32FN5O/c1-16-23-18(13-29(27)15-30(23)19-7-8-19)11-21(25)24(16)28-10-9-17(12-28)22(26)14-31-20-5-3-2-4-6-20/h2-6,11,17,19,22H,7-10,12-15,26-27H2,1H3/t17-,22-/m1/s1. The number of hydrogen-bond acceptors (Lipinski definition) is 6. The van der Waals surface area contributed by atoms with E-state index in [4.69, 9.17) is 16.3 Å². The van der Waals surface area contributed by atoms with E-state index in [0.717, 1.165) is 42.1 Å². The van der Waals surface area contributed by atoms with Crippen molar-refractivity contribution in [3.8, 4) is 5.75 Å². The van der Waals surface area contributed by atoms with E-state index in [-0.39, 0.29) is 17.8 Å². The van der Waals surface area contributed by atoms with Gasteiger partial charge in [-0.1, -0.05) is 18.2 Å². The smallest absolute Gasteiger partial charge is 0.147 e. The van der Waals surface area contributed by atoms with Crippen LogP contribution in [0.3, 0.4) is 0 Å². The summed E-state index contributed by atoms with van der Waals surface area (Å²) in [5.41, 5.74) is 10.4. The lowest BCUT2D eigenvalue weighted by Crippen LogP contribution is -2.47. The Kier molecular flexibility index (Phi) is 5.50. The third-order valence-electron chi connectivity index (χ3n) is 6.86. The fourth-order valence-electron chi connectivity index (χ4n) is 5.13. The molecule has 0 radical (unpaired) electrons. The zero-order valence-corrected chi connectivity index (χ0v) is 18.1. The zero-order chi connectivity index (χ0) is 21.5. The van der Waals surface area contributed by atoms with Crippen LogP contribution >= 0.6 is 0 Å². The summed E-state index contributed by atoms with van der Waals surface area (Å²) in [4.78, 5) is 4.54. The van der Waals surface area contributed by atoms with Crippen molar-refractivity contribution >= 4 is 11.4 Å². The molecule has 0 bridgehead atoms. The predicted octanol–water partition coefficient (Wildman–Crippen LogP) is 2.98. The number of nitrogens with zero attached hydrogens (tertiary/aromatic N) is 3. The Morgan fingerprint density at radius 3 is 2.68 bits per heavy atom. The van der Waals surface area contributed by atoms with Gasteiger partial charge < -0.3 is 20.3 Å². The van der Waals surface area contributed by atoms with Gasteiger partial charge in [0.1, 0.15) is 18.2 Å². The summed E-state index contributed by atoms with van der Waals surface area (Å²) in [7, 11) is 0. The number of para-hydroxylation sites is 1. The lowest BCUT2D eigenvalue weighted by Gasteiger charge is -2.39. The predicted molar refractivity (Wildman–Crippen MR) is 121 cm³/mol. The summed E-state index contributed by atoms with van der Waals surface area (Å²) in [6.45, 7) is 5.38. The van der Waals surface area contributed by atoms with E-state index in [0.29, 0.717) is 25.9 Å². The summed E-state index contributed by atoms with van der Waals surface area (Å²) in [5.74, 6) is 7.07. The molecular weight excluding hydrogens is 393 g/mol. The molecule has 3 aliphatic rings. The van der Waals surface area contributed by atoms with E-state index in [2.05, 4.69) is 16.7 Å². The second-order valence-corrected chi connectivity index (χ2v) is 9.21. The van der Waals surface area contributed by atoms with Gasteiger partial charge in [0.15, 0.2) is 0 Å². The van der Waals surface area contributed by atoms with Crippen molar-refractivity contribution in [3.63, 3.8) is 0 Å². The number of hydrazine groups is 1. The molecule has 2 aliphatic heterocycles. The van der Waals surface area contributed by atoms with Gasteiger partial charge in [0.25, 0.3) is 0 Å². The van der Waals surface area contributed by atoms with Crippen LogP contribution in [-0.4, -0.2) is 43.5 Å². The molecule has 31 heavy (non-hydrogen) atoms. The molecule has 2 aromatic carbocycles. The van der Waals surface area contributed by atoms with Crippen LogP contribution in [0.5, 0.6) is 5.75 Å². The molecule has 2 fully saturated rings. The van der Waals surface area contributed by atoms with Crippen molar-refractivity contribution in [2.24, 2.45) is 17.5 Å². The highest BCUT2D eigenvalue weighted by molar-refractivity contribution is 5.73. The van der Waals surface area contributed by atoms with Crippen molar-refractivity contribution in [2.45, 2.75) is 44.8 Å². The van der Waals surface area contributed by atoms with Gasteiger partial charge in [-0.25, -0.2) is 9.40 Å². The molecule has 5 rings (SSSR count). The van der Waals surface area contributed by atoms with Crippen LogP contribution in [0.4, 0.5) is 15.8 Å². The average Bonchev–Trinajstić information content (AvgIpc) is 3.49. The van der Waals surface area contributed by atoms with E-state index in [1.807, 2.05) is 30.3 Å². The Labute approximate surface area is 183 Å². The molecule has 7 heteroatoms. The van der Waals surface area contributed by atoms with Crippen molar-refractivity contribution < 1.29 is 9.13 Å². The van der Waals surface area contributed by atoms with E-state index >= 15 is 4.39 Å². The third-order valence-corrected chi connectivity index (χ3v) is 6.86. The summed E-state index contributed by atoms with van der Waals surface area (Å²) >= 11 is 0. The molecule has 2 heterocycles. The third kappa shape index (κ3) is 4.10. The number of nitrogens with two attached hydrogens (primary N) is 2. The van der Waals surface area contributed by atoms with Gasteiger partial charge >= 0.3 is 0 Å². The Bertz CT molecular complexity index is 935. The van der Waals surface area contributed by atoms with Crippen LogP contribution < -0.4 is 26.1 Å². The number of halogens is 1. The van der Waals surface area contributed by atoms with Crippen LogP contribution in [0.1, 0.15) is 30.4 Å². The highest BCUT2D eigenvalue weighted by Crippen LogP contribution is 2.43. The maximum Gasteiger partial charge on any atom is 0.147 e. The maximum absolute atomic E-state index is 15.3. The van der Waals surface area contributed by atoms with Gasteiger partial charge in [0.2, 0.25) is 0 Å². The quantitative estimate of drug-likeness (QED) is 0.694. The molecule has 6 nitrogen and oxygen atoms in total. The number of fused-ring (bicyclic) bond motifs is 1. The second kappa shape index (κ2) is 8.30. The number of rotatable bonds is 6. The minimum absolute atomic E-state index is 0.0834. The molecule has 0 aromatic heterocycles. The van der Waals surface area contributed by atoms with Crippen molar-refractivity contribution in [2.75, 3.05) is 36.2 Å². The number of hydrogen-bond donors (Lipinski definition) is 2. The fraction of sp³-hybridized carbons (Fsp3) is 0.500. The molecule has 1 saturated carbocycles. The summed E-state index contributed by atoms with van der Waals surface area (Å²) in [5, 5.41) is 1.77. The topological polar surface area (TPSA) is 71.0 Å². The van der Waals surface area contributed by atoms with Crippen LogP contribution in [0.15, 0.2) is 36.4 Å². The molecule has 1 saturated heterocycles. The molecule has 4 N–H and O–H groups in total. The van der Waals surface area contributed by atoms with Crippen molar-refractivity contribution in [3.05, 3.63) is 53.3 Å². The Balaban J connectivity index is 1.32. The van der Waals surface area contributed by atoms with Crippen molar-refractivity contribution in [1.82, 2.24) is 5.01 Å². The van der Waals surface area contributed by atoms with Gasteiger partial charge in [-0.05, 0) is 61.4 Å². The molecule has 0 unspecified atom stereocenters. The summed E-state index contributed by atoms with van der Waals surface area (Å²) in [6, 6.07) is 11.9. The van der Waals surface area contributed by atoms with Crippen LogP contribution in [0.2, 0.25) is 0 Å². The maximum atomic E-state index is 15.3. The number of benzene rings is 2. The largest absolute Gasteiger partial charge is 0.492 e. The van der Waals surface area contributed by atoms with Gasteiger partial charge in [-0.15, -0.1) is 0 Å². The van der Waals surface area contributed by atoms with Gasteiger partial charge in [0, 0.05) is 37.4 Å². The van der Waals surface area contributed by atoms with Gasteiger partial charge in [-0.3, -0.25) is 5.84 Å². The number of anilines is 2. The first-order chi connectivity index (χ1) is 15.0. The van der Waals surface area contributed by atoms with E-state index in [9.17, 15) is 0 Å². The Morgan fingerprint density at radius 2 is 1.94 bits per heavy atom. The Morgan fingerprint density at radius 1 is 1.16 bits per heavy atom. The first-order valence-electron chi connectivity index (χ1n) is 11.3. The van der Waals surface area contributed by atoms with Crippen LogP contribution in [0, 0.1) is 18.7 Å². The zero-order valence-electron chi connectivity index (χ0n) is 18.1. The Hall–Kier alpha value is -2.35. The van der Waals surface area contributed by atoms with Crippen LogP contribution in [-0.2, 0) is 6.54 Å². The second-order valence-electron chi connectivity index (χ2n) is 9.21. The normalized spacial score (nSPS) is 22.5. The minimum Gasteiger partial charge on any atom is -0.492 e. The molecule has 0 amide bonds. The SMILES string of the molecule is Cc1c(N2CC[C@@H]([C@H](N)COc3ccccc3)C2)c(F)cc2c1N(C1CC1)CN(N)C2. The van der Waals surface area contributed by atoms with Crippen LogP contribution in [0.25, 0.3) is 0 Å². The molecule has 2 atom stereocenters. The van der Waals surface area contributed by atoms with Gasteiger partial charge in [0.05, 0.1) is 12.4 Å². The lowest BCUT2D eigenvalue weighted by atomic mass is 10.00. The molecule has 1 aliphatic carbocycles. The van der Waals surface area contributed by atoms with E-state index < -0.39 is 0 Å². The average molecular weight is 426 g/mol. The molecule has 2 aromatic rings. The minimum atomic E-state index is -0.156. The molecule has 166 valence electrons.